The number of nitrogens with one attached hydrogen (secondary N) is 1. The van der Waals surface area contributed by atoms with Crippen molar-refractivity contribution in [1.82, 2.24) is 4.98 Å². The minimum Gasteiger partial charge on any atom is -0.465 e. The summed E-state index contributed by atoms with van der Waals surface area (Å²) in [6.07, 6.45) is 1.34. The highest BCUT2D eigenvalue weighted by Crippen LogP contribution is 2.34. The first kappa shape index (κ1) is 20.2. The number of fused-ring (bicyclic) bond motifs is 1. The van der Waals surface area contributed by atoms with Crippen LogP contribution >= 0.6 is 0 Å². The molecule has 0 aliphatic carbocycles. The van der Waals surface area contributed by atoms with Gasteiger partial charge in [0.15, 0.2) is 0 Å². The smallest absolute Gasteiger partial charge is 0.339 e. The van der Waals surface area contributed by atoms with Crippen LogP contribution in [0.5, 0.6) is 11.5 Å². The molecule has 156 valence electrons. The molecule has 1 amide bonds. The number of benzene rings is 2. The number of rotatable bonds is 5. The van der Waals surface area contributed by atoms with Gasteiger partial charge >= 0.3 is 5.97 Å². The van der Waals surface area contributed by atoms with Crippen LogP contribution < -0.4 is 10.1 Å². The molecule has 0 saturated heterocycles. The van der Waals surface area contributed by atoms with Gasteiger partial charge in [0.1, 0.15) is 28.7 Å². The topological polar surface area (TPSA) is 90.7 Å². The Balaban J connectivity index is 1.63. The van der Waals surface area contributed by atoms with Gasteiger partial charge < -0.3 is 19.2 Å². The molecule has 0 radical (unpaired) electrons. The summed E-state index contributed by atoms with van der Waals surface area (Å²) in [7, 11) is 1.29. The summed E-state index contributed by atoms with van der Waals surface area (Å²) in [5, 5.41) is 3.49. The first-order valence-electron chi connectivity index (χ1n) is 9.57. The standard InChI is InChI=1S/C24H20N2O5/c1-14-4-7-18(8-5-14)31-21-12-17(11-20-19(21)10-15(2)30-20)23(27)26-22-9-6-16(13-25-22)24(28)29-3/h4-13H,1-3H3,(H,25,26,27). The average Bonchev–Trinajstić information content (AvgIpc) is 3.15. The molecule has 2 aromatic heterocycles. The van der Waals surface area contributed by atoms with E-state index >= 15 is 0 Å². The number of anilines is 1. The van der Waals surface area contributed by atoms with Crippen molar-refractivity contribution in [3.05, 3.63) is 83.2 Å². The van der Waals surface area contributed by atoms with Gasteiger partial charge in [0, 0.05) is 11.8 Å². The SMILES string of the molecule is COC(=O)c1ccc(NC(=O)c2cc(Oc3ccc(C)cc3)c3cc(C)oc3c2)nc1. The van der Waals surface area contributed by atoms with Gasteiger partial charge in [-0.15, -0.1) is 0 Å². The summed E-state index contributed by atoms with van der Waals surface area (Å²) in [5.74, 6) is 1.29. The Labute approximate surface area is 178 Å². The molecule has 2 heterocycles. The highest BCUT2D eigenvalue weighted by atomic mass is 16.5. The molecule has 0 aliphatic heterocycles. The maximum Gasteiger partial charge on any atom is 0.339 e. The van der Waals surface area contributed by atoms with Crippen molar-refractivity contribution in [3.8, 4) is 11.5 Å². The molecule has 0 aliphatic rings. The van der Waals surface area contributed by atoms with Gasteiger partial charge in [0.2, 0.25) is 0 Å². The van der Waals surface area contributed by atoms with Crippen LogP contribution in [0.15, 0.2) is 65.2 Å². The van der Waals surface area contributed by atoms with E-state index in [2.05, 4.69) is 15.0 Å². The molecule has 0 fully saturated rings. The Bertz CT molecular complexity index is 1260. The lowest BCUT2D eigenvalue weighted by atomic mass is 10.1. The highest BCUT2D eigenvalue weighted by molar-refractivity contribution is 6.06. The van der Waals surface area contributed by atoms with Gasteiger partial charge in [-0.25, -0.2) is 9.78 Å². The van der Waals surface area contributed by atoms with Crippen molar-refractivity contribution < 1.29 is 23.5 Å². The number of nitrogens with zero attached hydrogens (tertiary/aromatic N) is 1. The lowest BCUT2D eigenvalue weighted by molar-refractivity contribution is 0.0600. The van der Waals surface area contributed by atoms with E-state index in [1.807, 2.05) is 44.2 Å². The third-order valence-corrected chi connectivity index (χ3v) is 4.66. The first-order chi connectivity index (χ1) is 14.9. The van der Waals surface area contributed by atoms with Gasteiger partial charge in [-0.1, -0.05) is 17.7 Å². The van der Waals surface area contributed by atoms with Crippen LogP contribution in [0.25, 0.3) is 11.0 Å². The summed E-state index contributed by atoms with van der Waals surface area (Å²) in [6.45, 7) is 3.83. The maximum atomic E-state index is 12.8. The fourth-order valence-electron chi connectivity index (χ4n) is 3.08. The quantitative estimate of drug-likeness (QED) is 0.445. The molecule has 1 N–H and O–H groups in total. The summed E-state index contributed by atoms with van der Waals surface area (Å²) in [4.78, 5) is 28.5. The van der Waals surface area contributed by atoms with Crippen LogP contribution in [0.4, 0.5) is 5.82 Å². The van der Waals surface area contributed by atoms with Crippen LogP contribution in [0.1, 0.15) is 32.0 Å². The number of hydrogen-bond acceptors (Lipinski definition) is 6. The van der Waals surface area contributed by atoms with E-state index in [1.54, 1.807) is 12.1 Å². The minimum absolute atomic E-state index is 0.293. The Morgan fingerprint density at radius 3 is 2.42 bits per heavy atom. The first-order valence-corrected chi connectivity index (χ1v) is 9.57. The molecule has 0 spiro atoms. The zero-order valence-electron chi connectivity index (χ0n) is 17.3. The lowest BCUT2D eigenvalue weighted by Crippen LogP contribution is -2.13. The zero-order valence-corrected chi connectivity index (χ0v) is 17.3. The summed E-state index contributed by atoms with van der Waals surface area (Å²) >= 11 is 0. The van der Waals surface area contributed by atoms with E-state index in [1.165, 1.54) is 25.4 Å². The Morgan fingerprint density at radius 2 is 1.74 bits per heavy atom. The molecule has 4 aromatic rings. The van der Waals surface area contributed by atoms with Gasteiger partial charge in [-0.3, -0.25) is 4.79 Å². The third kappa shape index (κ3) is 4.40. The van der Waals surface area contributed by atoms with Crippen LogP contribution in [0.3, 0.4) is 0 Å². The van der Waals surface area contributed by atoms with Gasteiger partial charge in [0.05, 0.1) is 18.1 Å². The van der Waals surface area contributed by atoms with E-state index < -0.39 is 5.97 Å². The summed E-state index contributed by atoms with van der Waals surface area (Å²) in [5.41, 5.74) is 2.31. The monoisotopic (exact) mass is 416 g/mol. The van der Waals surface area contributed by atoms with Crippen LogP contribution in [0, 0.1) is 13.8 Å². The van der Waals surface area contributed by atoms with Crippen molar-refractivity contribution in [2.75, 3.05) is 12.4 Å². The number of carbonyl (C=O) groups is 2. The van der Waals surface area contributed by atoms with Crippen molar-refractivity contribution in [1.29, 1.82) is 0 Å². The minimum atomic E-state index is -0.498. The molecule has 0 atom stereocenters. The molecule has 7 heteroatoms. The normalized spacial score (nSPS) is 10.7. The Hall–Kier alpha value is -4.13. The molecule has 7 nitrogen and oxygen atoms in total. The average molecular weight is 416 g/mol. The number of esters is 1. The summed E-state index contributed by atoms with van der Waals surface area (Å²) < 4.78 is 16.4. The van der Waals surface area contributed by atoms with Crippen molar-refractivity contribution in [3.63, 3.8) is 0 Å². The largest absolute Gasteiger partial charge is 0.465 e. The van der Waals surface area contributed by atoms with E-state index in [-0.39, 0.29) is 5.91 Å². The number of hydrogen-bond donors (Lipinski definition) is 1. The number of aromatic nitrogens is 1. The number of furan rings is 1. The predicted octanol–water partition coefficient (Wildman–Crippen LogP) is 5.28. The van der Waals surface area contributed by atoms with Gasteiger partial charge in [0.25, 0.3) is 5.91 Å². The lowest BCUT2D eigenvalue weighted by Gasteiger charge is -2.10. The molecule has 2 aromatic carbocycles. The molecule has 0 saturated carbocycles. The Morgan fingerprint density at radius 1 is 0.968 bits per heavy atom. The van der Waals surface area contributed by atoms with Crippen molar-refractivity contribution in [2.24, 2.45) is 0 Å². The second-order valence-electron chi connectivity index (χ2n) is 7.04. The number of amides is 1. The van der Waals surface area contributed by atoms with E-state index in [9.17, 15) is 9.59 Å². The van der Waals surface area contributed by atoms with E-state index in [0.29, 0.717) is 39.8 Å². The van der Waals surface area contributed by atoms with Crippen LogP contribution in [-0.2, 0) is 4.74 Å². The van der Waals surface area contributed by atoms with Gasteiger partial charge in [-0.05, 0) is 56.3 Å². The third-order valence-electron chi connectivity index (χ3n) is 4.66. The van der Waals surface area contributed by atoms with E-state index in [0.717, 1.165) is 10.9 Å². The number of carbonyl (C=O) groups excluding carboxylic acids is 2. The van der Waals surface area contributed by atoms with Crippen molar-refractivity contribution >= 4 is 28.7 Å². The molecular formula is C24H20N2O5. The Kier molecular flexibility index (Phi) is 5.41. The maximum absolute atomic E-state index is 12.8. The molecule has 4 rings (SSSR count). The molecule has 0 unspecified atom stereocenters. The summed E-state index contributed by atoms with van der Waals surface area (Å²) in [6, 6.07) is 15.9. The number of ether oxygens (including phenoxy) is 2. The fourth-order valence-corrected chi connectivity index (χ4v) is 3.08. The zero-order chi connectivity index (χ0) is 22.0. The molecule has 0 bridgehead atoms. The number of aryl methyl sites for hydroxylation is 2. The van der Waals surface area contributed by atoms with E-state index in [4.69, 9.17) is 9.15 Å². The number of methoxy groups -OCH3 is 1. The van der Waals surface area contributed by atoms with Gasteiger partial charge in [-0.2, -0.15) is 0 Å². The highest BCUT2D eigenvalue weighted by Gasteiger charge is 2.16. The molecule has 31 heavy (non-hydrogen) atoms. The predicted molar refractivity (Wildman–Crippen MR) is 116 cm³/mol. The fraction of sp³-hybridized carbons (Fsp3) is 0.125. The second kappa shape index (κ2) is 8.31. The van der Waals surface area contributed by atoms with Crippen LogP contribution in [-0.4, -0.2) is 24.0 Å². The number of pyridine rings is 1. The molecular weight excluding hydrogens is 396 g/mol. The van der Waals surface area contributed by atoms with Crippen molar-refractivity contribution in [2.45, 2.75) is 13.8 Å². The second-order valence-corrected chi connectivity index (χ2v) is 7.04. The van der Waals surface area contributed by atoms with Crippen LogP contribution in [0.2, 0.25) is 0 Å².